The first-order chi connectivity index (χ1) is 13.2. The normalized spacial score (nSPS) is 22.8. The van der Waals surface area contributed by atoms with Gasteiger partial charge in [0.05, 0.1) is 6.33 Å². The number of anilines is 1. The standard InChI is InChI=1S/C16H19N5O7/c1-6(22)12(25)13-9(27-8(3)24)4-10(28-13)21-5-17-11-14(21)19-16(18-7(2)23)20-15(11)26/h5,9-10,12-13,25H,4H2,1-3H3,(H2,18,19,20,23,26)/t9-,10+,12?,13-/m0/s1. The molecule has 12 nitrogen and oxygen atoms in total. The van der Waals surface area contributed by atoms with Crippen molar-refractivity contribution in [2.24, 2.45) is 0 Å². The van der Waals surface area contributed by atoms with Crippen molar-refractivity contribution in [3.63, 3.8) is 0 Å². The van der Waals surface area contributed by atoms with Gasteiger partial charge in [-0.25, -0.2) is 4.98 Å². The molecule has 12 heteroatoms. The molecule has 0 radical (unpaired) electrons. The van der Waals surface area contributed by atoms with Gasteiger partial charge < -0.3 is 14.6 Å². The lowest BCUT2D eigenvalue weighted by Crippen LogP contribution is -2.40. The number of amides is 1. The molecule has 3 N–H and O–H groups in total. The zero-order chi connectivity index (χ0) is 20.6. The van der Waals surface area contributed by atoms with Crippen molar-refractivity contribution in [2.45, 2.75) is 51.7 Å². The molecule has 2 aromatic rings. The number of ketones is 1. The Labute approximate surface area is 157 Å². The number of fused-ring (bicyclic) bond motifs is 1. The summed E-state index contributed by atoms with van der Waals surface area (Å²) < 4.78 is 12.3. The highest BCUT2D eigenvalue weighted by Crippen LogP contribution is 2.34. The Hall–Kier alpha value is -3.12. The first-order valence-corrected chi connectivity index (χ1v) is 8.43. The summed E-state index contributed by atoms with van der Waals surface area (Å²) in [6.07, 6.45) is -2.86. The molecule has 2 aromatic heterocycles. The van der Waals surface area contributed by atoms with Gasteiger partial charge in [-0.15, -0.1) is 0 Å². The van der Waals surface area contributed by atoms with Crippen molar-refractivity contribution >= 4 is 34.8 Å². The highest BCUT2D eigenvalue weighted by molar-refractivity contribution is 5.87. The lowest BCUT2D eigenvalue weighted by atomic mass is 10.0. The lowest BCUT2D eigenvalue weighted by molar-refractivity contribution is -0.157. The maximum Gasteiger partial charge on any atom is 0.302 e. The Morgan fingerprint density at radius 1 is 1.39 bits per heavy atom. The van der Waals surface area contributed by atoms with Crippen LogP contribution in [-0.2, 0) is 23.9 Å². The number of nitrogens with one attached hydrogen (secondary N) is 2. The maximum absolute atomic E-state index is 12.2. The Morgan fingerprint density at radius 2 is 2.11 bits per heavy atom. The summed E-state index contributed by atoms with van der Waals surface area (Å²) in [4.78, 5) is 56.9. The Kier molecular flexibility index (Phi) is 5.25. The van der Waals surface area contributed by atoms with Gasteiger partial charge in [0.2, 0.25) is 11.9 Å². The van der Waals surface area contributed by atoms with E-state index in [-0.39, 0.29) is 23.5 Å². The van der Waals surface area contributed by atoms with E-state index in [1.807, 2.05) is 0 Å². The third-order valence-electron chi connectivity index (χ3n) is 4.20. The summed E-state index contributed by atoms with van der Waals surface area (Å²) in [5.74, 6) is -1.62. The van der Waals surface area contributed by atoms with E-state index in [2.05, 4.69) is 20.3 Å². The van der Waals surface area contributed by atoms with Gasteiger partial charge in [-0.05, 0) is 6.92 Å². The molecule has 0 aromatic carbocycles. The number of esters is 1. The number of imidazole rings is 1. The van der Waals surface area contributed by atoms with Gasteiger partial charge in [0.1, 0.15) is 24.5 Å². The van der Waals surface area contributed by atoms with E-state index in [1.54, 1.807) is 0 Å². The van der Waals surface area contributed by atoms with E-state index in [4.69, 9.17) is 9.47 Å². The van der Waals surface area contributed by atoms with Crippen molar-refractivity contribution in [1.29, 1.82) is 0 Å². The van der Waals surface area contributed by atoms with Crippen molar-refractivity contribution in [2.75, 3.05) is 5.32 Å². The van der Waals surface area contributed by atoms with Crippen molar-refractivity contribution in [3.05, 3.63) is 16.7 Å². The number of rotatable bonds is 5. The number of carbonyl (C=O) groups excluding carboxylic acids is 3. The van der Waals surface area contributed by atoms with Crippen LogP contribution in [0.3, 0.4) is 0 Å². The van der Waals surface area contributed by atoms with E-state index >= 15 is 0 Å². The number of Topliss-reactive ketones (excluding diaryl/α,β-unsaturated/α-hetero) is 1. The van der Waals surface area contributed by atoms with Gasteiger partial charge in [-0.3, -0.25) is 34.0 Å². The zero-order valence-corrected chi connectivity index (χ0v) is 15.3. The van der Waals surface area contributed by atoms with Crippen LogP contribution in [0.4, 0.5) is 5.95 Å². The van der Waals surface area contributed by atoms with Crippen LogP contribution in [0.5, 0.6) is 0 Å². The van der Waals surface area contributed by atoms with Gasteiger partial charge in [0.25, 0.3) is 5.56 Å². The second-order valence-corrected chi connectivity index (χ2v) is 6.41. The van der Waals surface area contributed by atoms with Crippen LogP contribution >= 0.6 is 0 Å². The number of ether oxygens (including phenoxy) is 2. The number of H-pyrrole nitrogens is 1. The van der Waals surface area contributed by atoms with E-state index in [9.17, 15) is 24.3 Å². The second kappa shape index (κ2) is 7.48. The molecule has 1 aliphatic heterocycles. The number of aliphatic hydroxyl groups is 1. The van der Waals surface area contributed by atoms with E-state index in [1.165, 1.54) is 31.7 Å². The fraction of sp³-hybridized carbons (Fsp3) is 0.500. The van der Waals surface area contributed by atoms with Crippen molar-refractivity contribution in [3.8, 4) is 0 Å². The molecular weight excluding hydrogens is 374 g/mol. The number of aliphatic hydroxyl groups excluding tert-OH is 1. The topological polar surface area (TPSA) is 166 Å². The van der Waals surface area contributed by atoms with Crippen LogP contribution in [0.2, 0.25) is 0 Å². The van der Waals surface area contributed by atoms with E-state index in [0.717, 1.165) is 0 Å². The molecule has 150 valence electrons. The van der Waals surface area contributed by atoms with Gasteiger partial charge in [0, 0.05) is 20.3 Å². The predicted octanol–water partition coefficient (Wildman–Crippen LogP) is -0.753. The molecule has 0 spiro atoms. The summed E-state index contributed by atoms with van der Waals surface area (Å²) in [6.45, 7) is 3.66. The molecular formula is C16H19N5O7. The minimum atomic E-state index is -1.49. The molecule has 0 bridgehead atoms. The van der Waals surface area contributed by atoms with Crippen LogP contribution in [0.1, 0.15) is 33.4 Å². The van der Waals surface area contributed by atoms with Crippen molar-refractivity contribution in [1.82, 2.24) is 19.5 Å². The van der Waals surface area contributed by atoms with Gasteiger partial charge in [-0.2, -0.15) is 4.98 Å². The number of carbonyl (C=O) groups is 3. The monoisotopic (exact) mass is 393 g/mol. The number of hydrogen-bond acceptors (Lipinski definition) is 9. The molecule has 1 amide bonds. The maximum atomic E-state index is 12.2. The third kappa shape index (κ3) is 3.77. The molecule has 1 aliphatic rings. The Morgan fingerprint density at radius 3 is 2.71 bits per heavy atom. The van der Waals surface area contributed by atoms with Crippen LogP contribution in [0, 0.1) is 0 Å². The third-order valence-corrected chi connectivity index (χ3v) is 4.20. The Bertz CT molecular complexity index is 997. The SMILES string of the molecule is CC(=O)Nc1nc2c(ncn2[C@H]2C[C@H](OC(C)=O)[C@@H](C(O)C(C)=O)O2)c(=O)[nH]1. The molecule has 1 fully saturated rings. The number of nitrogens with zero attached hydrogens (tertiary/aromatic N) is 3. The van der Waals surface area contributed by atoms with Gasteiger partial charge >= 0.3 is 5.97 Å². The number of aromatic amines is 1. The molecule has 1 unspecified atom stereocenters. The highest BCUT2D eigenvalue weighted by atomic mass is 16.6. The van der Waals surface area contributed by atoms with Crippen LogP contribution in [0.15, 0.2) is 11.1 Å². The first kappa shape index (κ1) is 19.6. The molecule has 0 saturated carbocycles. The summed E-state index contributed by atoms with van der Waals surface area (Å²) >= 11 is 0. The highest BCUT2D eigenvalue weighted by Gasteiger charge is 2.44. The first-order valence-electron chi connectivity index (χ1n) is 8.43. The van der Waals surface area contributed by atoms with Crippen LogP contribution < -0.4 is 10.9 Å². The molecule has 3 rings (SSSR count). The molecule has 0 aliphatic carbocycles. The van der Waals surface area contributed by atoms with Crippen molar-refractivity contribution < 1.29 is 29.0 Å². The molecule has 4 atom stereocenters. The summed E-state index contributed by atoms with van der Waals surface area (Å²) in [5.41, 5.74) is -0.434. The summed E-state index contributed by atoms with van der Waals surface area (Å²) in [6, 6.07) is 0. The van der Waals surface area contributed by atoms with Gasteiger partial charge in [-0.1, -0.05) is 0 Å². The second-order valence-electron chi connectivity index (χ2n) is 6.41. The quantitative estimate of drug-likeness (QED) is 0.554. The van der Waals surface area contributed by atoms with E-state index < -0.39 is 47.8 Å². The zero-order valence-electron chi connectivity index (χ0n) is 15.3. The lowest BCUT2D eigenvalue weighted by Gasteiger charge is -2.21. The van der Waals surface area contributed by atoms with Crippen LogP contribution in [0.25, 0.3) is 11.2 Å². The minimum absolute atomic E-state index is 0.0114. The average molecular weight is 393 g/mol. The predicted molar refractivity (Wildman–Crippen MR) is 93.2 cm³/mol. The smallest absolute Gasteiger partial charge is 0.302 e. The Balaban J connectivity index is 1.98. The fourth-order valence-corrected chi connectivity index (χ4v) is 3.04. The molecule has 28 heavy (non-hydrogen) atoms. The molecule has 3 heterocycles. The summed E-state index contributed by atoms with van der Waals surface area (Å²) in [7, 11) is 0. The fourth-order valence-electron chi connectivity index (χ4n) is 3.04. The molecule has 1 saturated heterocycles. The number of hydrogen-bond donors (Lipinski definition) is 3. The summed E-state index contributed by atoms with van der Waals surface area (Å²) in [5, 5.41) is 12.5. The number of aromatic nitrogens is 4. The average Bonchev–Trinajstić information content (AvgIpc) is 3.17. The minimum Gasteiger partial charge on any atom is -0.459 e. The van der Waals surface area contributed by atoms with Gasteiger partial charge in [0.15, 0.2) is 16.9 Å². The van der Waals surface area contributed by atoms with E-state index in [0.29, 0.717) is 0 Å². The largest absolute Gasteiger partial charge is 0.459 e. The van der Waals surface area contributed by atoms with Crippen LogP contribution in [-0.4, -0.2) is 60.6 Å².